The maximum absolute atomic E-state index is 14.0. The summed E-state index contributed by atoms with van der Waals surface area (Å²) >= 11 is 6.19. The molecule has 0 spiro atoms. The molecule has 1 nitrogen and oxygen atoms in total. The molecule has 1 saturated carbocycles. The first-order chi connectivity index (χ1) is 9.93. The highest BCUT2D eigenvalue weighted by Crippen LogP contribution is 2.40. The number of nitrogens with one attached hydrogen (secondary N) is 1. The third-order valence-corrected chi connectivity index (χ3v) is 5.26. The van der Waals surface area contributed by atoms with E-state index in [0.717, 1.165) is 6.54 Å². The minimum atomic E-state index is -0.179. The van der Waals surface area contributed by atoms with Gasteiger partial charge in [0, 0.05) is 16.6 Å². The van der Waals surface area contributed by atoms with E-state index in [-0.39, 0.29) is 5.82 Å². The predicted molar refractivity (Wildman–Crippen MR) is 88.3 cm³/mol. The number of likely N-dealkylation sites (N-methyl/N-ethyl adjacent to an activating group) is 1. The van der Waals surface area contributed by atoms with Crippen LogP contribution in [0, 0.1) is 17.2 Å². The summed E-state index contributed by atoms with van der Waals surface area (Å²) in [6, 6.07) is 5.29. The molecular weight excluding hydrogens is 285 g/mol. The Morgan fingerprint density at radius 3 is 2.57 bits per heavy atom. The highest BCUT2D eigenvalue weighted by Gasteiger charge is 2.31. The largest absolute Gasteiger partial charge is 0.314 e. The first-order valence-corrected chi connectivity index (χ1v) is 8.47. The minimum Gasteiger partial charge on any atom is -0.314 e. The summed E-state index contributed by atoms with van der Waals surface area (Å²) in [6.07, 6.45) is 5.63. The van der Waals surface area contributed by atoms with E-state index in [9.17, 15) is 4.39 Å². The van der Waals surface area contributed by atoms with Gasteiger partial charge in [0.05, 0.1) is 0 Å². The third-order valence-electron chi connectivity index (χ3n) is 4.90. The fraction of sp³-hybridized carbons (Fsp3) is 0.667. The lowest BCUT2D eigenvalue weighted by molar-refractivity contribution is 0.161. The highest BCUT2D eigenvalue weighted by atomic mass is 35.5. The van der Waals surface area contributed by atoms with E-state index in [4.69, 9.17) is 11.6 Å². The Morgan fingerprint density at radius 1 is 1.33 bits per heavy atom. The molecule has 118 valence electrons. The van der Waals surface area contributed by atoms with Gasteiger partial charge >= 0.3 is 0 Å². The zero-order chi connectivity index (χ0) is 15.5. The average molecular weight is 312 g/mol. The number of benzene rings is 1. The van der Waals surface area contributed by atoms with Crippen LogP contribution in [0.3, 0.4) is 0 Å². The van der Waals surface area contributed by atoms with Crippen LogP contribution in [-0.4, -0.2) is 12.6 Å². The molecule has 0 aliphatic heterocycles. The van der Waals surface area contributed by atoms with Gasteiger partial charge in [-0.1, -0.05) is 38.4 Å². The molecule has 0 aromatic heterocycles. The minimum absolute atomic E-state index is 0.179. The molecule has 3 heteroatoms. The SMILES string of the molecule is CCNC(Cc1c(F)cccc1Cl)C1CCC(C)(C)CC1. The first-order valence-electron chi connectivity index (χ1n) is 8.09. The average Bonchev–Trinajstić information content (AvgIpc) is 2.42. The van der Waals surface area contributed by atoms with Crippen molar-refractivity contribution in [1.82, 2.24) is 5.32 Å². The van der Waals surface area contributed by atoms with Gasteiger partial charge in [0.1, 0.15) is 5.82 Å². The van der Waals surface area contributed by atoms with E-state index in [1.807, 2.05) is 0 Å². The molecule has 1 aromatic rings. The smallest absolute Gasteiger partial charge is 0.127 e. The van der Waals surface area contributed by atoms with Crippen molar-refractivity contribution < 1.29 is 4.39 Å². The molecule has 0 heterocycles. The van der Waals surface area contributed by atoms with E-state index < -0.39 is 0 Å². The molecule has 1 N–H and O–H groups in total. The van der Waals surface area contributed by atoms with Crippen LogP contribution in [0.4, 0.5) is 4.39 Å². The fourth-order valence-corrected chi connectivity index (χ4v) is 3.68. The van der Waals surface area contributed by atoms with Crippen LogP contribution in [0.15, 0.2) is 18.2 Å². The van der Waals surface area contributed by atoms with Gasteiger partial charge in [0.25, 0.3) is 0 Å². The molecule has 0 amide bonds. The van der Waals surface area contributed by atoms with E-state index in [1.165, 1.54) is 31.7 Å². The molecular formula is C18H27ClFN. The molecule has 0 bridgehead atoms. The lowest BCUT2D eigenvalue weighted by Crippen LogP contribution is -2.41. The van der Waals surface area contributed by atoms with Crippen LogP contribution in [-0.2, 0) is 6.42 Å². The van der Waals surface area contributed by atoms with Crippen molar-refractivity contribution in [3.8, 4) is 0 Å². The van der Waals surface area contributed by atoms with Crippen molar-refractivity contribution in [2.75, 3.05) is 6.54 Å². The lowest BCUT2D eigenvalue weighted by atomic mass is 9.70. The Labute approximate surface area is 133 Å². The van der Waals surface area contributed by atoms with Crippen LogP contribution in [0.1, 0.15) is 52.0 Å². The second-order valence-electron chi connectivity index (χ2n) is 7.07. The zero-order valence-corrected chi connectivity index (χ0v) is 14.1. The molecule has 1 aromatic carbocycles. The van der Waals surface area contributed by atoms with Crippen molar-refractivity contribution in [3.05, 3.63) is 34.6 Å². The quantitative estimate of drug-likeness (QED) is 0.786. The predicted octanol–water partition coefficient (Wildman–Crippen LogP) is 5.22. The van der Waals surface area contributed by atoms with Gasteiger partial charge in [0.2, 0.25) is 0 Å². The van der Waals surface area contributed by atoms with E-state index >= 15 is 0 Å². The normalized spacial score (nSPS) is 20.4. The summed E-state index contributed by atoms with van der Waals surface area (Å²) in [6.45, 7) is 7.72. The molecule has 21 heavy (non-hydrogen) atoms. The highest BCUT2D eigenvalue weighted by molar-refractivity contribution is 6.31. The molecule has 1 aliphatic rings. The summed E-state index contributed by atoms with van der Waals surface area (Å²) in [5, 5.41) is 4.11. The van der Waals surface area contributed by atoms with Crippen molar-refractivity contribution >= 4 is 11.6 Å². The first kappa shape index (κ1) is 16.8. The number of rotatable bonds is 5. The van der Waals surface area contributed by atoms with Gasteiger partial charge in [-0.15, -0.1) is 0 Å². The second kappa shape index (κ2) is 7.11. The van der Waals surface area contributed by atoms with Gasteiger partial charge in [-0.25, -0.2) is 4.39 Å². The summed E-state index contributed by atoms with van der Waals surface area (Å²) in [7, 11) is 0. The molecule has 1 fully saturated rings. The van der Waals surface area contributed by atoms with Gasteiger partial charge in [-0.2, -0.15) is 0 Å². The summed E-state index contributed by atoms with van der Waals surface area (Å²) in [5.74, 6) is 0.440. The van der Waals surface area contributed by atoms with Crippen molar-refractivity contribution in [2.45, 2.75) is 58.9 Å². The molecule has 1 atom stereocenters. The number of hydrogen-bond donors (Lipinski definition) is 1. The molecule has 2 rings (SSSR count). The summed E-state index contributed by atoms with van der Waals surface area (Å²) in [4.78, 5) is 0. The van der Waals surface area contributed by atoms with Crippen molar-refractivity contribution in [2.24, 2.45) is 11.3 Å². The lowest BCUT2D eigenvalue weighted by Gasteiger charge is -2.38. The van der Waals surface area contributed by atoms with Crippen LogP contribution in [0.5, 0.6) is 0 Å². The Balaban J connectivity index is 2.09. The van der Waals surface area contributed by atoms with Gasteiger partial charge in [0.15, 0.2) is 0 Å². The number of hydrogen-bond acceptors (Lipinski definition) is 1. The second-order valence-corrected chi connectivity index (χ2v) is 7.48. The monoisotopic (exact) mass is 311 g/mol. The van der Waals surface area contributed by atoms with E-state index in [1.54, 1.807) is 12.1 Å². The molecule has 0 saturated heterocycles. The fourth-order valence-electron chi connectivity index (χ4n) is 3.44. The molecule has 1 unspecified atom stereocenters. The topological polar surface area (TPSA) is 12.0 Å². The molecule has 1 aliphatic carbocycles. The van der Waals surface area contributed by atoms with Crippen LogP contribution in [0.25, 0.3) is 0 Å². The van der Waals surface area contributed by atoms with E-state index in [0.29, 0.717) is 34.4 Å². The maximum Gasteiger partial charge on any atom is 0.127 e. The van der Waals surface area contributed by atoms with Gasteiger partial charge in [-0.05, 0) is 62.1 Å². The van der Waals surface area contributed by atoms with Crippen molar-refractivity contribution in [3.63, 3.8) is 0 Å². The Kier molecular flexibility index (Phi) is 5.67. The summed E-state index contributed by atoms with van der Waals surface area (Å²) in [5.41, 5.74) is 1.12. The van der Waals surface area contributed by atoms with Crippen LogP contribution >= 0.6 is 11.6 Å². The zero-order valence-electron chi connectivity index (χ0n) is 13.4. The van der Waals surface area contributed by atoms with Gasteiger partial charge in [-0.3, -0.25) is 0 Å². The number of halogens is 2. The Bertz CT molecular complexity index is 442. The van der Waals surface area contributed by atoms with Crippen molar-refractivity contribution in [1.29, 1.82) is 0 Å². The van der Waals surface area contributed by atoms with E-state index in [2.05, 4.69) is 26.1 Å². The van der Waals surface area contributed by atoms with Gasteiger partial charge < -0.3 is 5.32 Å². The van der Waals surface area contributed by atoms with Crippen LogP contribution in [0.2, 0.25) is 5.02 Å². The maximum atomic E-state index is 14.0. The standard InChI is InChI=1S/C18H27ClFN/c1-4-21-17(13-8-10-18(2,3)11-9-13)12-14-15(19)6-5-7-16(14)20/h5-7,13,17,21H,4,8-12H2,1-3H3. The third kappa shape index (κ3) is 4.43. The Hall–Kier alpha value is -0.600. The molecule has 0 radical (unpaired) electrons. The van der Waals surface area contributed by atoms with Crippen LogP contribution < -0.4 is 5.32 Å². The Morgan fingerprint density at radius 2 is 2.00 bits per heavy atom. The summed E-state index contributed by atoms with van der Waals surface area (Å²) < 4.78 is 14.0.